The van der Waals surface area contributed by atoms with Gasteiger partial charge >= 0.3 is 0 Å². The van der Waals surface area contributed by atoms with Crippen molar-refractivity contribution in [3.63, 3.8) is 0 Å². The standard InChI is InChI=1S/C11H14N4O2S/c1-12-11-13-9(7-18-11)8-3-4-10(16)15(14-8)5-6-17-2/h3-4,7H,5-6H2,1-2H3,(H,12,13). The summed E-state index contributed by atoms with van der Waals surface area (Å²) in [6.07, 6.45) is 0. The van der Waals surface area contributed by atoms with E-state index in [0.717, 1.165) is 10.8 Å². The summed E-state index contributed by atoms with van der Waals surface area (Å²) in [5.41, 5.74) is 1.30. The third-order valence-corrected chi connectivity index (χ3v) is 3.21. The van der Waals surface area contributed by atoms with E-state index in [2.05, 4.69) is 15.4 Å². The van der Waals surface area contributed by atoms with Crippen LogP contribution in [-0.2, 0) is 11.3 Å². The second kappa shape index (κ2) is 5.74. The molecule has 0 unspecified atom stereocenters. The molecule has 2 aromatic heterocycles. The van der Waals surface area contributed by atoms with Crippen molar-refractivity contribution in [3.8, 4) is 11.4 Å². The maximum Gasteiger partial charge on any atom is 0.266 e. The predicted molar refractivity (Wildman–Crippen MR) is 71.0 cm³/mol. The van der Waals surface area contributed by atoms with Gasteiger partial charge in [0.2, 0.25) is 0 Å². The maximum atomic E-state index is 11.6. The summed E-state index contributed by atoms with van der Waals surface area (Å²) in [6.45, 7) is 0.890. The number of aromatic nitrogens is 3. The van der Waals surface area contributed by atoms with Crippen molar-refractivity contribution in [3.05, 3.63) is 27.9 Å². The van der Waals surface area contributed by atoms with Gasteiger partial charge in [0.05, 0.1) is 13.2 Å². The number of hydrogen-bond acceptors (Lipinski definition) is 6. The summed E-state index contributed by atoms with van der Waals surface area (Å²) in [4.78, 5) is 15.9. The molecule has 7 heteroatoms. The highest BCUT2D eigenvalue weighted by molar-refractivity contribution is 7.14. The molecule has 96 valence electrons. The molecule has 18 heavy (non-hydrogen) atoms. The van der Waals surface area contributed by atoms with Crippen molar-refractivity contribution in [2.45, 2.75) is 6.54 Å². The van der Waals surface area contributed by atoms with Gasteiger partial charge in [-0.2, -0.15) is 5.10 Å². The van der Waals surface area contributed by atoms with Gasteiger partial charge in [-0.05, 0) is 6.07 Å². The average molecular weight is 266 g/mol. The van der Waals surface area contributed by atoms with Gasteiger partial charge in [0.15, 0.2) is 5.13 Å². The number of nitrogens with one attached hydrogen (secondary N) is 1. The molecule has 2 rings (SSSR count). The lowest BCUT2D eigenvalue weighted by Gasteiger charge is -2.04. The first-order valence-corrected chi connectivity index (χ1v) is 6.33. The highest BCUT2D eigenvalue weighted by Crippen LogP contribution is 2.21. The Morgan fingerprint density at radius 1 is 1.44 bits per heavy atom. The molecule has 0 spiro atoms. The van der Waals surface area contributed by atoms with Crippen LogP contribution in [0, 0.1) is 0 Å². The lowest BCUT2D eigenvalue weighted by atomic mass is 10.3. The Morgan fingerprint density at radius 3 is 2.94 bits per heavy atom. The van der Waals surface area contributed by atoms with Crippen molar-refractivity contribution >= 4 is 16.5 Å². The molecule has 1 N–H and O–H groups in total. The third-order valence-electron chi connectivity index (χ3n) is 2.35. The number of rotatable bonds is 5. The van der Waals surface area contributed by atoms with Crippen LogP contribution >= 0.6 is 11.3 Å². The van der Waals surface area contributed by atoms with Gasteiger partial charge in [0, 0.05) is 25.6 Å². The summed E-state index contributed by atoms with van der Waals surface area (Å²) in [5.74, 6) is 0. The molecule has 0 amide bonds. The quantitative estimate of drug-likeness (QED) is 0.876. The fraction of sp³-hybridized carbons (Fsp3) is 0.364. The Labute approximate surface area is 108 Å². The number of anilines is 1. The molecule has 0 aromatic carbocycles. The molecule has 0 aliphatic heterocycles. The molecule has 0 bridgehead atoms. The lowest BCUT2D eigenvalue weighted by Crippen LogP contribution is -2.24. The summed E-state index contributed by atoms with van der Waals surface area (Å²) in [6, 6.07) is 3.18. The van der Waals surface area contributed by atoms with E-state index >= 15 is 0 Å². The Balaban J connectivity index is 2.31. The minimum absolute atomic E-state index is 0.139. The summed E-state index contributed by atoms with van der Waals surface area (Å²) >= 11 is 1.50. The smallest absolute Gasteiger partial charge is 0.266 e. The molecule has 2 aromatic rings. The molecule has 0 saturated carbocycles. The first kappa shape index (κ1) is 12.7. The van der Waals surface area contributed by atoms with Gasteiger partial charge in [0.1, 0.15) is 11.4 Å². The van der Waals surface area contributed by atoms with Crippen LogP contribution in [0.2, 0.25) is 0 Å². The van der Waals surface area contributed by atoms with Crippen molar-refractivity contribution in [1.82, 2.24) is 14.8 Å². The van der Waals surface area contributed by atoms with E-state index in [4.69, 9.17) is 4.74 Å². The number of ether oxygens (including phenoxy) is 1. The number of hydrogen-bond donors (Lipinski definition) is 1. The van der Waals surface area contributed by atoms with Crippen LogP contribution in [0.3, 0.4) is 0 Å². The Kier molecular flexibility index (Phi) is 4.06. The molecule has 0 aliphatic rings. The molecule has 0 saturated heterocycles. The van der Waals surface area contributed by atoms with Gasteiger partial charge in [0.25, 0.3) is 5.56 Å². The van der Waals surface area contributed by atoms with Gasteiger partial charge in [-0.1, -0.05) is 0 Å². The normalized spacial score (nSPS) is 10.6. The minimum atomic E-state index is -0.139. The average Bonchev–Trinajstić information content (AvgIpc) is 2.86. The van der Waals surface area contributed by atoms with Crippen LogP contribution < -0.4 is 10.9 Å². The van der Waals surface area contributed by atoms with Gasteiger partial charge in [-0.25, -0.2) is 9.67 Å². The molecular weight excluding hydrogens is 252 g/mol. The fourth-order valence-electron chi connectivity index (χ4n) is 1.43. The van der Waals surface area contributed by atoms with Crippen LogP contribution in [-0.4, -0.2) is 35.5 Å². The predicted octanol–water partition coefficient (Wildman–Crippen LogP) is 1.05. The van der Waals surface area contributed by atoms with Crippen LogP contribution in [0.1, 0.15) is 0 Å². The van der Waals surface area contributed by atoms with E-state index in [-0.39, 0.29) is 5.56 Å². The molecular formula is C11H14N4O2S. The van der Waals surface area contributed by atoms with E-state index in [1.54, 1.807) is 13.2 Å². The third kappa shape index (κ3) is 2.74. The van der Waals surface area contributed by atoms with Crippen LogP contribution in [0.15, 0.2) is 22.3 Å². The maximum absolute atomic E-state index is 11.6. The van der Waals surface area contributed by atoms with Gasteiger partial charge < -0.3 is 10.1 Å². The molecule has 0 fully saturated rings. The van der Waals surface area contributed by atoms with E-state index < -0.39 is 0 Å². The van der Waals surface area contributed by atoms with Gasteiger partial charge in [-0.3, -0.25) is 4.79 Å². The molecule has 0 radical (unpaired) electrons. The van der Waals surface area contributed by atoms with E-state index in [1.807, 2.05) is 12.4 Å². The molecule has 2 heterocycles. The van der Waals surface area contributed by atoms with Crippen molar-refractivity contribution < 1.29 is 4.74 Å². The largest absolute Gasteiger partial charge is 0.383 e. The summed E-state index contributed by atoms with van der Waals surface area (Å²) < 4.78 is 6.33. The molecule has 0 aliphatic carbocycles. The highest BCUT2D eigenvalue weighted by atomic mass is 32.1. The monoisotopic (exact) mass is 266 g/mol. The first-order chi connectivity index (χ1) is 8.74. The first-order valence-electron chi connectivity index (χ1n) is 5.45. The summed E-state index contributed by atoms with van der Waals surface area (Å²) in [7, 11) is 3.41. The van der Waals surface area contributed by atoms with Crippen LogP contribution in [0.25, 0.3) is 11.4 Å². The summed E-state index contributed by atoms with van der Waals surface area (Å²) in [5, 5.41) is 9.96. The second-order valence-electron chi connectivity index (χ2n) is 3.56. The number of thiazole rings is 1. The number of methoxy groups -OCH3 is 1. The SMILES string of the molecule is CNc1nc(-c2ccc(=O)n(CCOC)n2)cs1. The van der Waals surface area contributed by atoms with E-state index in [0.29, 0.717) is 18.8 Å². The van der Waals surface area contributed by atoms with Gasteiger partial charge in [-0.15, -0.1) is 11.3 Å². The molecule has 0 atom stereocenters. The zero-order chi connectivity index (χ0) is 13.0. The van der Waals surface area contributed by atoms with E-state index in [1.165, 1.54) is 22.1 Å². The Bertz CT molecular complexity index is 578. The molecule has 6 nitrogen and oxygen atoms in total. The zero-order valence-electron chi connectivity index (χ0n) is 10.2. The van der Waals surface area contributed by atoms with E-state index in [9.17, 15) is 4.79 Å². The Hall–Kier alpha value is -1.73. The minimum Gasteiger partial charge on any atom is -0.383 e. The lowest BCUT2D eigenvalue weighted by molar-refractivity contribution is 0.182. The second-order valence-corrected chi connectivity index (χ2v) is 4.42. The van der Waals surface area contributed by atoms with Crippen molar-refractivity contribution in [2.24, 2.45) is 0 Å². The van der Waals surface area contributed by atoms with Crippen molar-refractivity contribution in [1.29, 1.82) is 0 Å². The van der Waals surface area contributed by atoms with Crippen LogP contribution in [0.4, 0.5) is 5.13 Å². The number of nitrogens with zero attached hydrogens (tertiary/aromatic N) is 3. The van der Waals surface area contributed by atoms with Crippen molar-refractivity contribution in [2.75, 3.05) is 26.1 Å². The topological polar surface area (TPSA) is 69.0 Å². The highest BCUT2D eigenvalue weighted by Gasteiger charge is 2.07. The Morgan fingerprint density at radius 2 is 2.28 bits per heavy atom. The zero-order valence-corrected chi connectivity index (χ0v) is 11.0. The fourth-order valence-corrected chi connectivity index (χ4v) is 2.10. The van der Waals surface area contributed by atoms with Crippen LogP contribution in [0.5, 0.6) is 0 Å².